The Hall–Kier alpha value is -1.16. The highest BCUT2D eigenvalue weighted by molar-refractivity contribution is 5.49. The summed E-state index contributed by atoms with van der Waals surface area (Å²) in [7, 11) is 3.14. The lowest BCUT2D eigenvalue weighted by atomic mass is 10.0. The molecule has 1 rings (SSSR count). The molecule has 0 fully saturated rings. The Labute approximate surface area is 103 Å². The van der Waals surface area contributed by atoms with Crippen LogP contribution in [0.5, 0.6) is 0 Å². The van der Waals surface area contributed by atoms with Crippen molar-refractivity contribution >= 4 is 6.08 Å². The van der Waals surface area contributed by atoms with Crippen molar-refractivity contribution < 1.29 is 14.6 Å². The predicted octanol–water partition coefficient (Wildman–Crippen LogP) is 2.32. The van der Waals surface area contributed by atoms with E-state index in [4.69, 9.17) is 9.47 Å². The van der Waals surface area contributed by atoms with Crippen LogP contribution in [0.15, 0.2) is 36.4 Å². The Morgan fingerprint density at radius 1 is 1.12 bits per heavy atom. The lowest BCUT2D eigenvalue weighted by Gasteiger charge is -2.23. The lowest BCUT2D eigenvalue weighted by Crippen LogP contribution is -2.31. The molecule has 3 nitrogen and oxygen atoms in total. The molecule has 0 spiro atoms. The van der Waals surface area contributed by atoms with E-state index < -0.39 is 12.4 Å². The fourth-order valence-electron chi connectivity index (χ4n) is 1.64. The zero-order valence-corrected chi connectivity index (χ0v) is 10.5. The van der Waals surface area contributed by atoms with E-state index in [9.17, 15) is 5.11 Å². The Morgan fingerprint density at radius 2 is 1.71 bits per heavy atom. The molecule has 1 N–H and O–H groups in total. The highest BCUT2D eigenvalue weighted by Crippen LogP contribution is 2.14. The van der Waals surface area contributed by atoms with E-state index in [1.54, 1.807) is 20.3 Å². The first kappa shape index (κ1) is 13.9. The molecule has 0 amide bonds. The maximum absolute atomic E-state index is 9.96. The lowest BCUT2D eigenvalue weighted by molar-refractivity contribution is -0.149. The van der Waals surface area contributed by atoms with Crippen molar-refractivity contribution in [1.29, 1.82) is 0 Å². The summed E-state index contributed by atoms with van der Waals surface area (Å²) < 4.78 is 10.2. The second-order valence-electron chi connectivity index (χ2n) is 3.96. The van der Waals surface area contributed by atoms with Gasteiger partial charge in [-0.2, -0.15) is 0 Å². The van der Waals surface area contributed by atoms with Crippen LogP contribution in [0.2, 0.25) is 0 Å². The number of hydrogen-bond donors (Lipinski definition) is 1. The largest absolute Gasteiger partial charge is 0.389 e. The number of ether oxygens (including phenoxy) is 2. The smallest absolute Gasteiger partial charge is 0.162 e. The zero-order chi connectivity index (χ0) is 12.7. The molecule has 2 atom stereocenters. The SMILES string of the molecule is COC(OC)[C@@H](C)[C@H](O)/C=C/c1ccccc1. The van der Waals surface area contributed by atoms with Crippen molar-refractivity contribution in [2.24, 2.45) is 5.92 Å². The first-order valence-electron chi connectivity index (χ1n) is 5.66. The number of benzene rings is 1. The van der Waals surface area contributed by atoms with Gasteiger partial charge in [-0.05, 0) is 5.56 Å². The van der Waals surface area contributed by atoms with E-state index in [1.165, 1.54) is 0 Å². The fraction of sp³-hybridized carbons (Fsp3) is 0.429. The summed E-state index contributed by atoms with van der Waals surface area (Å²) in [5, 5.41) is 9.96. The number of hydrogen-bond acceptors (Lipinski definition) is 3. The first-order chi connectivity index (χ1) is 8.19. The third-order valence-electron chi connectivity index (χ3n) is 2.72. The van der Waals surface area contributed by atoms with Crippen LogP contribution in [0.3, 0.4) is 0 Å². The fourth-order valence-corrected chi connectivity index (χ4v) is 1.64. The molecule has 0 aliphatic carbocycles. The van der Waals surface area contributed by atoms with Gasteiger partial charge in [0, 0.05) is 20.1 Å². The van der Waals surface area contributed by atoms with Crippen molar-refractivity contribution in [1.82, 2.24) is 0 Å². The van der Waals surface area contributed by atoms with Gasteiger partial charge in [0.2, 0.25) is 0 Å². The average molecular weight is 236 g/mol. The Morgan fingerprint density at radius 3 is 2.24 bits per heavy atom. The molecular formula is C14H20O3. The van der Waals surface area contributed by atoms with E-state index in [0.29, 0.717) is 0 Å². The van der Waals surface area contributed by atoms with Gasteiger partial charge in [0.15, 0.2) is 6.29 Å². The molecule has 17 heavy (non-hydrogen) atoms. The topological polar surface area (TPSA) is 38.7 Å². The minimum absolute atomic E-state index is 0.120. The Bertz CT molecular complexity index is 331. The Kier molecular flexibility index (Phi) is 5.91. The van der Waals surface area contributed by atoms with Crippen LogP contribution >= 0.6 is 0 Å². The molecule has 0 radical (unpaired) electrons. The summed E-state index contributed by atoms with van der Waals surface area (Å²) in [6.45, 7) is 1.89. The highest BCUT2D eigenvalue weighted by atomic mass is 16.7. The van der Waals surface area contributed by atoms with E-state index in [1.807, 2.05) is 43.3 Å². The van der Waals surface area contributed by atoms with Crippen LogP contribution in [0.4, 0.5) is 0 Å². The molecule has 94 valence electrons. The molecule has 3 heteroatoms. The quantitative estimate of drug-likeness (QED) is 0.770. The Balaban J connectivity index is 2.59. The summed E-state index contributed by atoms with van der Waals surface area (Å²) in [6.07, 6.45) is 2.65. The monoisotopic (exact) mass is 236 g/mol. The second kappa shape index (κ2) is 7.22. The van der Waals surface area contributed by atoms with Crippen molar-refractivity contribution in [2.45, 2.75) is 19.3 Å². The molecule has 0 unspecified atom stereocenters. The van der Waals surface area contributed by atoms with Crippen molar-refractivity contribution in [3.8, 4) is 0 Å². The van der Waals surface area contributed by atoms with E-state index in [2.05, 4.69) is 0 Å². The molecular weight excluding hydrogens is 216 g/mol. The molecule has 0 aromatic heterocycles. The standard InChI is InChI=1S/C14H20O3/c1-11(14(16-2)17-3)13(15)10-9-12-7-5-4-6-8-12/h4-11,13-15H,1-3H3/b10-9+/t11-,13+/m0/s1. The number of methoxy groups -OCH3 is 2. The van der Waals surface area contributed by atoms with Gasteiger partial charge in [0.05, 0.1) is 6.10 Å². The molecule has 1 aromatic carbocycles. The van der Waals surface area contributed by atoms with Crippen molar-refractivity contribution in [3.63, 3.8) is 0 Å². The maximum atomic E-state index is 9.96. The molecule has 0 aliphatic rings. The summed E-state index contributed by atoms with van der Waals surface area (Å²) >= 11 is 0. The molecule has 0 heterocycles. The van der Waals surface area contributed by atoms with Gasteiger partial charge in [-0.3, -0.25) is 0 Å². The van der Waals surface area contributed by atoms with Crippen molar-refractivity contribution in [2.75, 3.05) is 14.2 Å². The van der Waals surface area contributed by atoms with Crippen LogP contribution in [-0.2, 0) is 9.47 Å². The van der Waals surface area contributed by atoms with E-state index in [-0.39, 0.29) is 5.92 Å². The summed E-state index contributed by atoms with van der Waals surface area (Å²) in [6, 6.07) is 9.85. The summed E-state index contributed by atoms with van der Waals surface area (Å²) in [5.74, 6) is -0.120. The highest BCUT2D eigenvalue weighted by Gasteiger charge is 2.21. The van der Waals surface area contributed by atoms with E-state index >= 15 is 0 Å². The van der Waals surface area contributed by atoms with Gasteiger partial charge >= 0.3 is 0 Å². The van der Waals surface area contributed by atoms with Gasteiger partial charge in [-0.15, -0.1) is 0 Å². The van der Waals surface area contributed by atoms with Crippen LogP contribution in [-0.4, -0.2) is 31.7 Å². The summed E-state index contributed by atoms with van der Waals surface area (Å²) in [5.41, 5.74) is 1.06. The summed E-state index contributed by atoms with van der Waals surface area (Å²) in [4.78, 5) is 0. The normalized spacial score (nSPS) is 15.4. The first-order valence-corrected chi connectivity index (χ1v) is 5.66. The van der Waals surface area contributed by atoms with Crippen molar-refractivity contribution in [3.05, 3.63) is 42.0 Å². The third kappa shape index (κ3) is 4.30. The van der Waals surface area contributed by atoms with Gasteiger partial charge < -0.3 is 14.6 Å². The van der Waals surface area contributed by atoms with Gasteiger partial charge in [0.25, 0.3) is 0 Å². The average Bonchev–Trinajstić information content (AvgIpc) is 2.38. The third-order valence-corrected chi connectivity index (χ3v) is 2.72. The molecule has 0 saturated heterocycles. The number of aliphatic hydroxyl groups is 1. The van der Waals surface area contributed by atoms with Crippen LogP contribution in [0.25, 0.3) is 6.08 Å². The van der Waals surface area contributed by atoms with Crippen LogP contribution in [0.1, 0.15) is 12.5 Å². The van der Waals surface area contributed by atoms with Crippen LogP contribution < -0.4 is 0 Å². The maximum Gasteiger partial charge on any atom is 0.162 e. The molecule has 0 bridgehead atoms. The minimum atomic E-state index is -0.597. The molecule has 0 saturated carbocycles. The minimum Gasteiger partial charge on any atom is -0.389 e. The van der Waals surface area contributed by atoms with Crippen LogP contribution in [0, 0.1) is 5.92 Å². The zero-order valence-electron chi connectivity index (χ0n) is 10.5. The molecule has 0 aliphatic heterocycles. The number of aliphatic hydroxyl groups excluding tert-OH is 1. The van der Waals surface area contributed by atoms with Gasteiger partial charge in [-0.1, -0.05) is 49.4 Å². The second-order valence-corrected chi connectivity index (χ2v) is 3.96. The van der Waals surface area contributed by atoms with E-state index in [0.717, 1.165) is 5.56 Å². The van der Waals surface area contributed by atoms with Gasteiger partial charge in [0.1, 0.15) is 0 Å². The van der Waals surface area contributed by atoms with Gasteiger partial charge in [-0.25, -0.2) is 0 Å². The molecule has 1 aromatic rings. The predicted molar refractivity (Wildman–Crippen MR) is 68.5 cm³/mol. The number of rotatable bonds is 6.